The Hall–Kier alpha value is -0.0600. The second-order valence-electron chi connectivity index (χ2n) is 1.49. The molecule has 1 unspecified atom stereocenters. The molecule has 6 heteroatoms. The zero-order chi connectivity index (χ0) is 9.11. The molecule has 0 saturated carbocycles. The van der Waals surface area contributed by atoms with Crippen LogP contribution < -0.4 is 10.6 Å². The van der Waals surface area contributed by atoms with E-state index in [4.69, 9.17) is 0 Å². The van der Waals surface area contributed by atoms with Crippen molar-refractivity contribution in [1.82, 2.24) is 0 Å². The molecular weight excluding hydrogens is 169 g/mol. The van der Waals surface area contributed by atoms with Gasteiger partial charge in [0.05, 0.1) is 19.8 Å². The van der Waals surface area contributed by atoms with Gasteiger partial charge in [0.15, 0.2) is 0 Å². The van der Waals surface area contributed by atoms with Gasteiger partial charge in [0.25, 0.3) is 0 Å². The molecule has 5 nitrogen and oxygen atoms in total. The first kappa shape index (κ1) is 13.5. The van der Waals surface area contributed by atoms with E-state index in [1.807, 2.05) is 0 Å². The highest BCUT2D eigenvalue weighted by Gasteiger charge is 1.92. The van der Waals surface area contributed by atoms with Gasteiger partial charge in [-0.05, 0) is 11.5 Å². The third-order valence-corrected chi connectivity index (χ3v) is 1.05. The third-order valence-electron chi connectivity index (χ3n) is 0.583. The van der Waals surface area contributed by atoms with Crippen LogP contribution in [0.1, 0.15) is 6.92 Å². The fourth-order valence-electron chi connectivity index (χ4n) is 0.250. The van der Waals surface area contributed by atoms with E-state index in [1.165, 1.54) is 0 Å². The van der Waals surface area contributed by atoms with Crippen molar-refractivity contribution >= 4 is 8.25 Å². The zero-order valence-electron chi connectivity index (χ0n) is 6.91. The van der Waals surface area contributed by atoms with Crippen molar-refractivity contribution in [3.05, 3.63) is 0 Å². The van der Waals surface area contributed by atoms with Gasteiger partial charge in [-0.2, -0.15) is 0 Å². The van der Waals surface area contributed by atoms with Crippen molar-refractivity contribution in [2.45, 2.75) is 6.92 Å². The van der Waals surface area contributed by atoms with E-state index in [-0.39, 0.29) is 6.61 Å². The van der Waals surface area contributed by atoms with Gasteiger partial charge in [0, 0.05) is 7.11 Å². The molecule has 0 aromatic rings. The Morgan fingerprint density at radius 2 is 2.18 bits per heavy atom. The van der Waals surface area contributed by atoms with Gasteiger partial charge in [0.1, 0.15) is 0 Å². The van der Waals surface area contributed by atoms with Crippen LogP contribution in [0.5, 0.6) is 0 Å². The molecule has 0 saturated heterocycles. The van der Waals surface area contributed by atoms with Gasteiger partial charge < -0.3 is 15.4 Å². The van der Waals surface area contributed by atoms with Crippen LogP contribution in [0.2, 0.25) is 0 Å². The second kappa shape index (κ2) is 12.6. The summed E-state index contributed by atoms with van der Waals surface area (Å²) >= 11 is 0. The highest BCUT2D eigenvalue weighted by Crippen LogP contribution is 2.05. The van der Waals surface area contributed by atoms with Crippen molar-refractivity contribution in [3.63, 3.8) is 0 Å². The van der Waals surface area contributed by atoms with Gasteiger partial charge in [-0.1, -0.05) is 0 Å². The zero-order valence-corrected chi connectivity index (χ0v) is 7.80. The molecule has 0 rings (SSSR count). The van der Waals surface area contributed by atoms with Crippen molar-refractivity contribution in [2.75, 3.05) is 26.9 Å². The predicted molar refractivity (Wildman–Crippen MR) is 38.9 cm³/mol. The molecule has 0 radical (unpaired) electrons. The van der Waals surface area contributed by atoms with E-state index < -0.39 is 8.25 Å². The molecule has 0 aromatic heterocycles. The van der Waals surface area contributed by atoms with Gasteiger partial charge in [-0.15, -0.1) is 4.52 Å². The van der Waals surface area contributed by atoms with E-state index in [2.05, 4.69) is 15.0 Å². The normalized spacial score (nSPS) is 10.0. The van der Waals surface area contributed by atoms with Crippen molar-refractivity contribution < 1.29 is 24.5 Å². The van der Waals surface area contributed by atoms with Gasteiger partial charge >= 0.3 is 8.25 Å². The number of quaternary nitrogens is 1. The Morgan fingerprint density at radius 3 is 2.18 bits per heavy atom. The number of hydrogen-bond acceptors (Lipinski definition) is 4. The summed E-state index contributed by atoms with van der Waals surface area (Å²) in [7, 11) is -0.929. The Bertz CT molecular complexity index is 88.6. The topological polar surface area (TPSA) is 86.2 Å². The largest absolute Gasteiger partial charge is 0.566 e. The molecule has 0 amide bonds. The van der Waals surface area contributed by atoms with E-state index in [0.29, 0.717) is 0 Å². The molecule has 0 aliphatic heterocycles. The minimum Gasteiger partial charge on any atom is -0.566 e. The Kier molecular flexibility index (Phi) is 15.5. The quantitative estimate of drug-likeness (QED) is 0.563. The smallest absolute Gasteiger partial charge is 0.488 e. The Balaban J connectivity index is 0. The maximum absolute atomic E-state index is 9.41. The summed E-state index contributed by atoms with van der Waals surface area (Å²) in [6, 6.07) is 0. The van der Waals surface area contributed by atoms with Gasteiger partial charge in [-0.3, -0.25) is 0 Å². The van der Waals surface area contributed by atoms with Crippen molar-refractivity contribution in [1.29, 1.82) is 0 Å². The summed E-state index contributed by atoms with van der Waals surface area (Å²) in [5.74, 6) is 0. The van der Waals surface area contributed by atoms with Crippen molar-refractivity contribution in [2.24, 2.45) is 0 Å². The van der Waals surface area contributed by atoms with Crippen LogP contribution in [-0.2, 0) is 13.8 Å². The molecule has 68 valence electrons. The molecule has 11 heavy (non-hydrogen) atoms. The molecule has 0 aliphatic rings. The predicted octanol–water partition coefficient (Wildman–Crippen LogP) is -1.08. The van der Waals surface area contributed by atoms with E-state index in [9.17, 15) is 9.46 Å². The molecule has 0 bridgehead atoms. The van der Waals surface area contributed by atoms with Crippen LogP contribution in [0.4, 0.5) is 0 Å². The lowest BCUT2D eigenvalue weighted by molar-refractivity contribution is -0.373. The number of rotatable bonds is 4. The SMILES string of the molecule is CCO[P+](=O)[O-].COCC[NH3+]. The van der Waals surface area contributed by atoms with Gasteiger partial charge in [-0.25, -0.2) is 0 Å². The fourth-order valence-corrected chi connectivity index (χ4v) is 0.461. The first-order chi connectivity index (χ1) is 5.18. The minimum atomic E-state index is -2.60. The average Bonchev–Trinajstić information content (AvgIpc) is 1.90. The second-order valence-corrected chi connectivity index (χ2v) is 2.19. The van der Waals surface area contributed by atoms with Crippen LogP contribution in [0.15, 0.2) is 0 Å². The van der Waals surface area contributed by atoms with Crippen LogP contribution in [-0.4, -0.2) is 26.9 Å². The number of ether oxygens (including phenoxy) is 1. The van der Waals surface area contributed by atoms with Crippen molar-refractivity contribution in [3.8, 4) is 0 Å². The first-order valence-electron chi connectivity index (χ1n) is 3.24. The standard InChI is InChI=1S/C3H9NO.C2H5O3P/c1-5-3-2-4;1-2-5-6(3)4/h2-4H2,1H3;2H2,1H3/p+1. The lowest BCUT2D eigenvalue weighted by atomic mass is 10.7. The highest BCUT2D eigenvalue weighted by atomic mass is 31.1. The molecule has 3 N–H and O–H groups in total. The Morgan fingerprint density at radius 1 is 1.64 bits per heavy atom. The highest BCUT2D eigenvalue weighted by molar-refractivity contribution is 7.30. The van der Waals surface area contributed by atoms with Gasteiger partial charge in [0.2, 0.25) is 0 Å². The minimum absolute atomic E-state index is 0.235. The van der Waals surface area contributed by atoms with E-state index in [1.54, 1.807) is 14.0 Å². The molecular formula is C5H15NO4P+. The number of hydrogen-bond donors (Lipinski definition) is 1. The molecule has 1 atom stereocenters. The lowest BCUT2D eigenvalue weighted by Crippen LogP contribution is -2.52. The summed E-state index contributed by atoms with van der Waals surface area (Å²) in [5, 5.41) is 0. The van der Waals surface area contributed by atoms with Crippen LogP contribution >= 0.6 is 8.25 Å². The molecule has 0 aliphatic carbocycles. The molecule has 0 heterocycles. The monoisotopic (exact) mass is 184 g/mol. The number of methoxy groups -OCH3 is 1. The van der Waals surface area contributed by atoms with Crippen LogP contribution in [0.25, 0.3) is 0 Å². The molecule has 0 aromatic carbocycles. The van der Waals surface area contributed by atoms with Crippen LogP contribution in [0.3, 0.4) is 0 Å². The molecule has 0 fully saturated rings. The summed E-state index contributed by atoms with van der Waals surface area (Å²) in [6.45, 7) is 3.50. The maximum atomic E-state index is 9.41. The summed E-state index contributed by atoms with van der Waals surface area (Å²) < 4.78 is 18.0. The van der Waals surface area contributed by atoms with Crippen LogP contribution in [0, 0.1) is 0 Å². The maximum Gasteiger partial charge on any atom is 0.488 e. The average molecular weight is 184 g/mol. The summed E-state index contributed by atoms with van der Waals surface area (Å²) in [6.07, 6.45) is 0. The summed E-state index contributed by atoms with van der Waals surface area (Å²) in [4.78, 5) is 9.41. The fraction of sp³-hybridized carbons (Fsp3) is 1.00. The summed E-state index contributed by atoms with van der Waals surface area (Å²) in [5.41, 5.74) is 3.55. The first-order valence-corrected chi connectivity index (χ1v) is 4.34. The van der Waals surface area contributed by atoms with E-state index in [0.717, 1.165) is 13.2 Å². The lowest BCUT2D eigenvalue weighted by Gasteiger charge is -1.82. The van der Waals surface area contributed by atoms with E-state index >= 15 is 0 Å². The Labute approximate surface area is 67.4 Å². The molecule has 0 spiro atoms. The third kappa shape index (κ3) is 25.7.